The highest BCUT2D eigenvalue weighted by Gasteiger charge is 2.21. The fourth-order valence-corrected chi connectivity index (χ4v) is 2.50. The second-order valence-electron chi connectivity index (χ2n) is 4.77. The lowest BCUT2D eigenvalue weighted by Crippen LogP contribution is -2.12. The summed E-state index contributed by atoms with van der Waals surface area (Å²) in [6, 6.07) is 5.98. The highest BCUT2D eigenvalue weighted by atomic mass is 79.9. The topological polar surface area (TPSA) is 47.3 Å². The van der Waals surface area contributed by atoms with E-state index in [1.165, 1.54) is 12.1 Å². The van der Waals surface area contributed by atoms with Gasteiger partial charge in [0.15, 0.2) is 0 Å². The first kappa shape index (κ1) is 15.9. The summed E-state index contributed by atoms with van der Waals surface area (Å²) in [5.74, 6) is 0.0531. The van der Waals surface area contributed by atoms with Gasteiger partial charge in [-0.25, -0.2) is 0 Å². The Balaban J connectivity index is 2.28. The zero-order valence-corrected chi connectivity index (χ0v) is 13.1. The molecule has 114 valence electrons. The van der Waals surface area contributed by atoms with E-state index in [1.54, 1.807) is 23.0 Å². The first-order valence-corrected chi connectivity index (χ1v) is 7.15. The standard InChI is InChI=1S/C14H15BrF2N2O2/c1-8(2)19-12(11(15)7-18-19)13(20)9-3-5-10(6-4-9)21-14(16)17/h3-8,13-14,20H,1-2H3. The molecule has 0 spiro atoms. The van der Waals surface area contributed by atoms with Crippen LogP contribution in [0.4, 0.5) is 8.78 Å². The number of aliphatic hydroxyl groups is 1. The van der Waals surface area contributed by atoms with Crippen LogP contribution in [-0.4, -0.2) is 21.5 Å². The number of rotatable bonds is 5. The van der Waals surface area contributed by atoms with Crippen molar-refractivity contribution in [1.29, 1.82) is 0 Å². The van der Waals surface area contributed by atoms with Gasteiger partial charge in [-0.1, -0.05) is 12.1 Å². The normalized spacial score (nSPS) is 13.0. The highest BCUT2D eigenvalue weighted by molar-refractivity contribution is 9.10. The second-order valence-corrected chi connectivity index (χ2v) is 5.62. The monoisotopic (exact) mass is 360 g/mol. The molecule has 21 heavy (non-hydrogen) atoms. The molecule has 4 nitrogen and oxygen atoms in total. The van der Waals surface area contributed by atoms with E-state index < -0.39 is 12.7 Å². The van der Waals surface area contributed by atoms with Crippen LogP contribution < -0.4 is 4.74 Å². The van der Waals surface area contributed by atoms with Gasteiger partial charge in [-0.2, -0.15) is 13.9 Å². The lowest BCUT2D eigenvalue weighted by molar-refractivity contribution is -0.0498. The largest absolute Gasteiger partial charge is 0.435 e. The molecule has 0 saturated heterocycles. The molecule has 1 atom stereocenters. The molecule has 0 aliphatic carbocycles. The van der Waals surface area contributed by atoms with Crippen molar-refractivity contribution in [2.24, 2.45) is 0 Å². The summed E-state index contributed by atoms with van der Waals surface area (Å²) >= 11 is 3.36. The summed E-state index contributed by atoms with van der Waals surface area (Å²) in [5, 5.41) is 14.7. The van der Waals surface area contributed by atoms with E-state index in [0.717, 1.165) is 0 Å². The van der Waals surface area contributed by atoms with Crippen LogP contribution in [0.1, 0.15) is 37.3 Å². The molecule has 0 aliphatic rings. The Bertz CT molecular complexity index is 600. The third kappa shape index (κ3) is 3.59. The molecule has 2 aromatic rings. The van der Waals surface area contributed by atoms with Crippen molar-refractivity contribution in [2.45, 2.75) is 32.6 Å². The number of hydrogen-bond donors (Lipinski definition) is 1. The van der Waals surface area contributed by atoms with Crippen LogP contribution in [0.3, 0.4) is 0 Å². The van der Waals surface area contributed by atoms with Crippen LogP contribution in [0.25, 0.3) is 0 Å². The lowest BCUT2D eigenvalue weighted by Gasteiger charge is -2.17. The van der Waals surface area contributed by atoms with Crippen molar-refractivity contribution in [3.63, 3.8) is 0 Å². The Hall–Kier alpha value is -1.47. The zero-order valence-electron chi connectivity index (χ0n) is 11.5. The van der Waals surface area contributed by atoms with Crippen LogP contribution in [0.15, 0.2) is 34.9 Å². The summed E-state index contributed by atoms with van der Waals surface area (Å²) in [6.45, 7) is 1.04. The number of halogens is 3. The van der Waals surface area contributed by atoms with E-state index >= 15 is 0 Å². The summed E-state index contributed by atoms with van der Waals surface area (Å²) in [4.78, 5) is 0. The Morgan fingerprint density at radius 2 is 1.86 bits per heavy atom. The smallest absolute Gasteiger partial charge is 0.387 e. The number of alkyl halides is 2. The summed E-state index contributed by atoms with van der Waals surface area (Å²) in [6.07, 6.45) is 0.706. The zero-order chi connectivity index (χ0) is 15.6. The van der Waals surface area contributed by atoms with Crippen LogP contribution in [0.5, 0.6) is 5.75 Å². The van der Waals surface area contributed by atoms with Crippen LogP contribution in [-0.2, 0) is 0 Å². The Kier molecular flexibility index (Phi) is 4.95. The van der Waals surface area contributed by atoms with Crippen molar-refractivity contribution >= 4 is 15.9 Å². The molecule has 2 rings (SSSR count). The maximum absolute atomic E-state index is 12.1. The van der Waals surface area contributed by atoms with Gasteiger partial charge in [-0.05, 0) is 47.5 Å². The Morgan fingerprint density at radius 3 is 2.38 bits per heavy atom. The van der Waals surface area contributed by atoms with E-state index in [0.29, 0.717) is 15.7 Å². The van der Waals surface area contributed by atoms with Gasteiger partial charge >= 0.3 is 6.61 Å². The molecule has 1 unspecified atom stereocenters. The van der Waals surface area contributed by atoms with Crippen molar-refractivity contribution in [3.05, 3.63) is 46.2 Å². The number of hydrogen-bond acceptors (Lipinski definition) is 3. The number of aliphatic hydroxyl groups excluding tert-OH is 1. The first-order chi connectivity index (χ1) is 9.90. The van der Waals surface area contributed by atoms with Gasteiger partial charge in [0.25, 0.3) is 0 Å². The van der Waals surface area contributed by atoms with Gasteiger partial charge in [0.1, 0.15) is 11.9 Å². The average molecular weight is 361 g/mol. The molecule has 1 aromatic carbocycles. The van der Waals surface area contributed by atoms with E-state index in [9.17, 15) is 13.9 Å². The van der Waals surface area contributed by atoms with Crippen molar-refractivity contribution in [1.82, 2.24) is 9.78 Å². The first-order valence-electron chi connectivity index (χ1n) is 6.36. The Morgan fingerprint density at radius 1 is 1.24 bits per heavy atom. The summed E-state index contributed by atoms with van der Waals surface area (Å²) in [5.41, 5.74) is 1.19. The SMILES string of the molecule is CC(C)n1ncc(Br)c1C(O)c1ccc(OC(F)F)cc1. The molecule has 0 fully saturated rings. The fourth-order valence-electron chi connectivity index (χ4n) is 2.01. The van der Waals surface area contributed by atoms with Gasteiger partial charge in [0.2, 0.25) is 0 Å². The molecule has 0 bridgehead atoms. The molecular weight excluding hydrogens is 346 g/mol. The molecule has 1 N–H and O–H groups in total. The van der Waals surface area contributed by atoms with Gasteiger partial charge in [0, 0.05) is 6.04 Å². The minimum absolute atomic E-state index is 0.0531. The molecule has 7 heteroatoms. The predicted molar refractivity (Wildman–Crippen MR) is 77.4 cm³/mol. The molecule has 1 aromatic heterocycles. The lowest BCUT2D eigenvalue weighted by atomic mass is 10.1. The fraction of sp³-hybridized carbons (Fsp3) is 0.357. The number of ether oxygens (including phenoxy) is 1. The van der Waals surface area contributed by atoms with Crippen molar-refractivity contribution in [3.8, 4) is 5.75 Å². The minimum atomic E-state index is -2.86. The number of aromatic nitrogens is 2. The minimum Gasteiger partial charge on any atom is -0.435 e. The maximum Gasteiger partial charge on any atom is 0.387 e. The predicted octanol–water partition coefficient (Wildman–Crippen LogP) is 3.91. The average Bonchev–Trinajstić information content (AvgIpc) is 2.80. The van der Waals surface area contributed by atoms with E-state index in [2.05, 4.69) is 25.8 Å². The third-order valence-corrected chi connectivity index (χ3v) is 3.57. The molecule has 1 heterocycles. The second kappa shape index (κ2) is 6.53. The molecular formula is C14H15BrF2N2O2. The van der Waals surface area contributed by atoms with Crippen LogP contribution >= 0.6 is 15.9 Å². The van der Waals surface area contributed by atoms with Gasteiger partial charge in [-0.3, -0.25) is 4.68 Å². The number of nitrogens with zero attached hydrogens (tertiary/aromatic N) is 2. The highest BCUT2D eigenvalue weighted by Crippen LogP contribution is 2.31. The Labute approximate surface area is 129 Å². The van der Waals surface area contributed by atoms with Crippen molar-refractivity contribution in [2.75, 3.05) is 0 Å². The van der Waals surface area contributed by atoms with E-state index in [4.69, 9.17) is 0 Å². The van der Waals surface area contributed by atoms with E-state index in [1.807, 2.05) is 13.8 Å². The molecule has 0 aliphatic heterocycles. The van der Waals surface area contributed by atoms with Gasteiger partial charge < -0.3 is 9.84 Å². The van der Waals surface area contributed by atoms with Gasteiger partial charge in [-0.15, -0.1) is 0 Å². The quantitative estimate of drug-likeness (QED) is 0.879. The summed E-state index contributed by atoms with van der Waals surface area (Å²) in [7, 11) is 0. The van der Waals surface area contributed by atoms with Crippen molar-refractivity contribution < 1.29 is 18.6 Å². The molecule has 0 radical (unpaired) electrons. The van der Waals surface area contributed by atoms with Gasteiger partial charge in [0.05, 0.1) is 16.4 Å². The van der Waals surface area contributed by atoms with Crippen LogP contribution in [0, 0.1) is 0 Å². The third-order valence-electron chi connectivity index (χ3n) is 2.96. The number of benzene rings is 1. The van der Waals surface area contributed by atoms with Crippen LogP contribution in [0.2, 0.25) is 0 Å². The maximum atomic E-state index is 12.1. The molecule has 0 amide bonds. The summed E-state index contributed by atoms with van der Waals surface area (Å²) < 4.78 is 30.9. The molecule has 0 saturated carbocycles. The van der Waals surface area contributed by atoms with E-state index in [-0.39, 0.29) is 11.8 Å².